The number of carbonyl (C=O) groups excluding carboxylic acids is 1. The topological polar surface area (TPSA) is 76.1 Å². The van der Waals surface area contributed by atoms with Crippen molar-refractivity contribution in [2.24, 2.45) is 0 Å². The van der Waals surface area contributed by atoms with Gasteiger partial charge in [-0.2, -0.15) is 0 Å². The number of nitrogens with zero attached hydrogens (tertiary/aromatic N) is 2. The van der Waals surface area contributed by atoms with E-state index in [1.165, 1.54) is 11.8 Å². The monoisotopic (exact) mass is 272 g/mol. The molecular weight excluding hydrogens is 260 g/mol. The molecular formula is C9H12N4O2S2. The van der Waals surface area contributed by atoms with Gasteiger partial charge in [0.2, 0.25) is 0 Å². The fraction of sp³-hybridized carbons (Fsp3) is 0.333. The van der Waals surface area contributed by atoms with Crippen LogP contribution in [-0.2, 0) is 4.74 Å². The highest BCUT2D eigenvalue weighted by molar-refractivity contribution is 7.98. The van der Waals surface area contributed by atoms with Crippen molar-refractivity contribution < 1.29 is 9.53 Å². The zero-order chi connectivity index (χ0) is 12.7. The lowest BCUT2D eigenvalue weighted by Crippen LogP contribution is -2.34. The summed E-state index contributed by atoms with van der Waals surface area (Å²) in [6, 6.07) is 1.65. The van der Waals surface area contributed by atoms with Crippen molar-refractivity contribution in [1.82, 2.24) is 15.3 Å². The molecule has 0 atom stereocenters. The largest absolute Gasteiger partial charge is 0.450 e. The molecule has 1 aromatic heterocycles. The number of thioether (sulfide) groups is 1. The van der Waals surface area contributed by atoms with Gasteiger partial charge in [0.25, 0.3) is 0 Å². The number of rotatable bonds is 3. The molecule has 0 radical (unpaired) electrons. The molecule has 0 unspecified atom stereocenters. The number of alkyl carbamates (subject to hydrolysis) is 1. The number of hydrogen-bond donors (Lipinski definition) is 2. The van der Waals surface area contributed by atoms with Crippen LogP contribution in [0.1, 0.15) is 6.92 Å². The Morgan fingerprint density at radius 3 is 3.06 bits per heavy atom. The molecule has 0 aliphatic rings. The number of carbonyl (C=O) groups is 1. The Kier molecular flexibility index (Phi) is 5.64. The molecule has 1 aromatic rings. The van der Waals surface area contributed by atoms with Gasteiger partial charge < -0.3 is 10.1 Å². The highest BCUT2D eigenvalue weighted by atomic mass is 32.2. The number of aromatic nitrogens is 2. The first-order valence-corrected chi connectivity index (χ1v) is 6.40. The maximum absolute atomic E-state index is 11.1. The van der Waals surface area contributed by atoms with Crippen LogP contribution < -0.4 is 10.6 Å². The van der Waals surface area contributed by atoms with E-state index in [-0.39, 0.29) is 5.11 Å². The third-order valence-electron chi connectivity index (χ3n) is 1.55. The van der Waals surface area contributed by atoms with Crippen molar-refractivity contribution in [3.05, 3.63) is 12.3 Å². The van der Waals surface area contributed by atoms with E-state index >= 15 is 0 Å². The maximum atomic E-state index is 11.1. The van der Waals surface area contributed by atoms with Crippen molar-refractivity contribution in [2.45, 2.75) is 12.1 Å². The third-order valence-corrected chi connectivity index (χ3v) is 2.31. The van der Waals surface area contributed by atoms with Crippen LogP contribution in [0.25, 0.3) is 0 Å². The molecule has 6 nitrogen and oxygen atoms in total. The summed E-state index contributed by atoms with van der Waals surface area (Å²) >= 11 is 6.33. The first-order chi connectivity index (χ1) is 8.15. The van der Waals surface area contributed by atoms with Crippen LogP contribution in [0.15, 0.2) is 17.4 Å². The SMILES string of the molecule is CCOC(=O)NC(=S)Nc1ccnc(SC)n1. The van der Waals surface area contributed by atoms with Crippen LogP contribution in [0.4, 0.5) is 10.6 Å². The van der Waals surface area contributed by atoms with Crippen molar-refractivity contribution >= 4 is 41.0 Å². The average Bonchev–Trinajstić information content (AvgIpc) is 2.29. The fourth-order valence-electron chi connectivity index (χ4n) is 0.916. The smallest absolute Gasteiger partial charge is 0.413 e. The van der Waals surface area contributed by atoms with E-state index in [0.29, 0.717) is 17.6 Å². The predicted octanol–water partition coefficient (Wildman–Crippen LogP) is 1.64. The number of nitrogens with one attached hydrogen (secondary N) is 2. The number of thiocarbonyl (C=S) groups is 1. The standard InChI is InChI=1S/C9H12N4O2S2/c1-3-15-9(14)13-7(16)11-6-4-5-10-8(12-6)17-2/h4-5H,3H2,1-2H3,(H2,10,11,12,13,14,16). The summed E-state index contributed by atoms with van der Waals surface area (Å²) in [5, 5.41) is 5.87. The highest BCUT2D eigenvalue weighted by Gasteiger charge is 2.05. The summed E-state index contributed by atoms with van der Waals surface area (Å²) in [4.78, 5) is 19.2. The van der Waals surface area contributed by atoms with Crippen LogP contribution in [-0.4, -0.2) is 34.0 Å². The van der Waals surface area contributed by atoms with Crippen molar-refractivity contribution in [1.29, 1.82) is 0 Å². The summed E-state index contributed by atoms with van der Waals surface area (Å²) in [7, 11) is 0. The van der Waals surface area contributed by atoms with Gasteiger partial charge in [0.1, 0.15) is 5.82 Å². The number of anilines is 1. The van der Waals surface area contributed by atoms with Gasteiger partial charge in [-0.15, -0.1) is 0 Å². The molecule has 0 aliphatic carbocycles. The van der Waals surface area contributed by atoms with Crippen molar-refractivity contribution in [2.75, 3.05) is 18.2 Å². The van der Waals surface area contributed by atoms with Gasteiger partial charge in [0.15, 0.2) is 10.3 Å². The molecule has 0 aromatic carbocycles. The Bertz CT molecular complexity index is 414. The summed E-state index contributed by atoms with van der Waals surface area (Å²) < 4.78 is 4.68. The number of ether oxygens (including phenoxy) is 1. The van der Waals surface area contributed by atoms with Gasteiger partial charge in [0, 0.05) is 6.20 Å². The minimum absolute atomic E-state index is 0.134. The predicted molar refractivity (Wildman–Crippen MR) is 70.2 cm³/mol. The normalized spacial score (nSPS) is 9.53. The molecule has 0 bridgehead atoms. The fourth-order valence-corrected chi connectivity index (χ4v) is 1.46. The lowest BCUT2D eigenvalue weighted by Gasteiger charge is -2.08. The Morgan fingerprint density at radius 2 is 2.41 bits per heavy atom. The number of amides is 1. The second kappa shape index (κ2) is 7.02. The van der Waals surface area contributed by atoms with Gasteiger partial charge >= 0.3 is 6.09 Å². The van der Waals surface area contributed by atoms with Gasteiger partial charge in [0.05, 0.1) is 6.61 Å². The molecule has 1 amide bonds. The van der Waals surface area contributed by atoms with Crippen LogP contribution in [0, 0.1) is 0 Å². The highest BCUT2D eigenvalue weighted by Crippen LogP contribution is 2.10. The van der Waals surface area contributed by atoms with Gasteiger partial charge in [-0.3, -0.25) is 5.32 Å². The molecule has 0 spiro atoms. The van der Waals surface area contributed by atoms with Crippen molar-refractivity contribution in [3.63, 3.8) is 0 Å². The molecule has 8 heteroatoms. The summed E-state index contributed by atoms with van der Waals surface area (Å²) in [6.07, 6.45) is 2.88. The average molecular weight is 272 g/mol. The lowest BCUT2D eigenvalue weighted by atomic mass is 10.6. The molecule has 0 saturated heterocycles. The van der Waals surface area contributed by atoms with E-state index in [0.717, 1.165) is 0 Å². The second-order valence-electron chi connectivity index (χ2n) is 2.73. The summed E-state index contributed by atoms with van der Waals surface area (Å²) in [5.74, 6) is 0.520. The van der Waals surface area contributed by atoms with E-state index in [1.54, 1.807) is 19.2 Å². The van der Waals surface area contributed by atoms with Crippen LogP contribution in [0.3, 0.4) is 0 Å². The Balaban J connectivity index is 2.52. The molecule has 92 valence electrons. The van der Waals surface area contributed by atoms with Gasteiger partial charge in [-0.05, 0) is 31.5 Å². The summed E-state index contributed by atoms with van der Waals surface area (Å²) in [6.45, 7) is 2.00. The number of hydrogen-bond acceptors (Lipinski definition) is 6. The van der Waals surface area contributed by atoms with Gasteiger partial charge in [-0.25, -0.2) is 14.8 Å². The Morgan fingerprint density at radius 1 is 1.65 bits per heavy atom. The Hall–Kier alpha value is -1.41. The molecule has 0 aliphatic heterocycles. The molecule has 17 heavy (non-hydrogen) atoms. The van der Waals surface area contributed by atoms with Crippen LogP contribution >= 0.6 is 24.0 Å². The van der Waals surface area contributed by atoms with E-state index in [2.05, 4.69) is 25.3 Å². The molecule has 1 heterocycles. The maximum Gasteiger partial charge on any atom is 0.413 e. The minimum atomic E-state index is -0.593. The molecule has 0 saturated carbocycles. The van der Waals surface area contributed by atoms with Crippen LogP contribution in [0.5, 0.6) is 0 Å². The van der Waals surface area contributed by atoms with E-state index < -0.39 is 6.09 Å². The lowest BCUT2D eigenvalue weighted by molar-refractivity contribution is 0.158. The first-order valence-electron chi connectivity index (χ1n) is 4.77. The first kappa shape index (κ1) is 13.7. The molecule has 1 rings (SSSR count). The Labute approximate surface area is 109 Å². The van der Waals surface area contributed by atoms with E-state index in [1.807, 2.05) is 6.26 Å². The van der Waals surface area contributed by atoms with Crippen molar-refractivity contribution in [3.8, 4) is 0 Å². The van der Waals surface area contributed by atoms with E-state index in [4.69, 9.17) is 12.2 Å². The summed E-state index contributed by atoms with van der Waals surface area (Å²) in [5.41, 5.74) is 0. The van der Waals surface area contributed by atoms with Crippen LogP contribution in [0.2, 0.25) is 0 Å². The minimum Gasteiger partial charge on any atom is -0.450 e. The zero-order valence-corrected chi connectivity index (χ0v) is 11.0. The van der Waals surface area contributed by atoms with E-state index in [9.17, 15) is 4.79 Å². The molecule has 0 fully saturated rings. The third kappa shape index (κ3) is 4.96. The zero-order valence-electron chi connectivity index (χ0n) is 9.39. The second-order valence-corrected chi connectivity index (χ2v) is 3.91. The quantitative estimate of drug-likeness (QED) is 0.492. The van der Waals surface area contributed by atoms with Gasteiger partial charge in [-0.1, -0.05) is 11.8 Å². The molecule has 2 N–H and O–H groups in total.